The SMILES string of the molecule is CC(C)CC(NC(=O)C1CCCN1C(=O)C1CCCN1C(=O)C(Cc1ccccc1)NC(=O)C1CCCN1C(=O)C(N)Cc1ccc(O)cc1)C(=O)O. The number of carboxylic acid groups (broad SMARTS) is 1. The van der Waals surface area contributed by atoms with Crippen LogP contribution in [0.25, 0.3) is 0 Å². The molecule has 0 bridgehead atoms. The lowest BCUT2D eigenvalue weighted by Crippen LogP contribution is -2.59. The number of aliphatic carboxylic acids is 1. The Morgan fingerprint density at radius 1 is 0.698 bits per heavy atom. The highest BCUT2D eigenvalue weighted by atomic mass is 16.4. The molecule has 3 aliphatic rings. The van der Waals surface area contributed by atoms with Gasteiger partial charge in [0, 0.05) is 26.1 Å². The third kappa shape index (κ3) is 9.72. The van der Waals surface area contributed by atoms with Crippen molar-refractivity contribution in [2.75, 3.05) is 19.6 Å². The quantitative estimate of drug-likeness (QED) is 0.191. The Hall–Kier alpha value is -4.98. The molecular weight excluding hydrogens is 680 g/mol. The largest absolute Gasteiger partial charge is 0.508 e. The molecule has 53 heavy (non-hydrogen) atoms. The van der Waals surface area contributed by atoms with Crippen molar-refractivity contribution in [3.8, 4) is 5.75 Å². The molecule has 0 saturated carbocycles. The van der Waals surface area contributed by atoms with Crippen LogP contribution in [0.1, 0.15) is 69.9 Å². The topological polar surface area (TPSA) is 203 Å². The van der Waals surface area contributed by atoms with Crippen molar-refractivity contribution in [3.63, 3.8) is 0 Å². The molecule has 2 aromatic rings. The first-order valence-electron chi connectivity index (χ1n) is 18.7. The Bertz CT molecular complexity index is 1640. The number of carboxylic acids is 1. The van der Waals surface area contributed by atoms with Gasteiger partial charge in [-0.05, 0) is 80.5 Å². The fourth-order valence-corrected chi connectivity index (χ4v) is 7.75. The summed E-state index contributed by atoms with van der Waals surface area (Å²) in [4.78, 5) is 85.5. The molecule has 5 rings (SSSR count). The van der Waals surface area contributed by atoms with Crippen LogP contribution >= 0.6 is 0 Å². The number of hydrogen-bond donors (Lipinski definition) is 5. The van der Waals surface area contributed by atoms with E-state index in [0.29, 0.717) is 51.6 Å². The maximum atomic E-state index is 14.4. The second-order valence-corrected chi connectivity index (χ2v) is 14.8. The van der Waals surface area contributed by atoms with Gasteiger partial charge in [-0.15, -0.1) is 0 Å². The predicted octanol–water partition coefficient (Wildman–Crippen LogP) is 1.58. The summed E-state index contributed by atoms with van der Waals surface area (Å²) in [5.41, 5.74) is 7.88. The Kier molecular flexibility index (Phi) is 13.1. The minimum Gasteiger partial charge on any atom is -0.508 e. The molecule has 0 aromatic heterocycles. The van der Waals surface area contributed by atoms with Crippen molar-refractivity contribution in [2.45, 2.75) is 108 Å². The van der Waals surface area contributed by atoms with Gasteiger partial charge in [0.25, 0.3) is 0 Å². The van der Waals surface area contributed by atoms with Crippen LogP contribution in [0.15, 0.2) is 54.6 Å². The molecule has 2 aromatic carbocycles. The summed E-state index contributed by atoms with van der Waals surface area (Å²) in [6.45, 7) is 4.67. The number of phenolic OH excluding ortho intramolecular Hbond substituents is 1. The van der Waals surface area contributed by atoms with E-state index in [2.05, 4.69) is 10.6 Å². The van der Waals surface area contributed by atoms with Gasteiger partial charge in [-0.25, -0.2) is 4.79 Å². The first-order chi connectivity index (χ1) is 25.3. The number of aromatic hydroxyl groups is 1. The maximum absolute atomic E-state index is 14.4. The third-order valence-corrected chi connectivity index (χ3v) is 10.4. The number of carbonyl (C=O) groups is 6. The van der Waals surface area contributed by atoms with Gasteiger partial charge >= 0.3 is 5.97 Å². The second-order valence-electron chi connectivity index (χ2n) is 14.8. The van der Waals surface area contributed by atoms with E-state index in [9.17, 15) is 39.0 Å². The molecule has 0 radical (unpaired) electrons. The average Bonchev–Trinajstić information content (AvgIpc) is 3.93. The minimum atomic E-state index is -1.14. The summed E-state index contributed by atoms with van der Waals surface area (Å²) in [6.07, 6.45) is 3.51. The zero-order valence-electron chi connectivity index (χ0n) is 30.5. The van der Waals surface area contributed by atoms with Crippen LogP contribution in [0, 0.1) is 5.92 Å². The molecule has 6 N–H and O–H groups in total. The number of hydrogen-bond acceptors (Lipinski definition) is 8. The van der Waals surface area contributed by atoms with Crippen LogP contribution in [-0.4, -0.2) is 116 Å². The number of rotatable bonds is 14. The molecular formula is C39H52N6O8. The molecule has 3 heterocycles. The van der Waals surface area contributed by atoms with E-state index in [1.165, 1.54) is 26.8 Å². The molecule has 14 nitrogen and oxygen atoms in total. The van der Waals surface area contributed by atoms with Gasteiger partial charge < -0.3 is 41.3 Å². The van der Waals surface area contributed by atoms with E-state index >= 15 is 0 Å². The average molecular weight is 733 g/mol. The molecule has 3 saturated heterocycles. The smallest absolute Gasteiger partial charge is 0.326 e. The molecule has 0 spiro atoms. The van der Waals surface area contributed by atoms with Crippen LogP contribution in [0.2, 0.25) is 0 Å². The van der Waals surface area contributed by atoms with Gasteiger partial charge in [0.2, 0.25) is 29.5 Å². The number of nitrogens with zero attached hydrogens (tertiary/aromatic N) is 3. The maximum Gasteiger partial charge on any atom is 0.326 e. The van der Waals surface area contributed by atoms with Crippen molar-refractivity contribution in [1.29, 1.82) is 0 Å². The van der Waals surface area contributed by atoms with Crippen LogP contribution in [0.5, 0.6) is 5.75 Å². The van der Waals surface area contributed by atoms with Gasteiger partial charge in [-0.3, -0.25) is 24.0 Å². The molecule has 286 valence electrons. The number of benzene rings is 2. The number of nitrogens with one attached hydrogen (secondary N) is 2. The first-order valence-corrected chi connectivity index (χ1v) is 18.7. The lowest BCUT2D eigenvalue weighted by Gasteiger charge is -2.34. The van der Waals surface area contributed by atoms with E-state index in [0.717, 1.165) is 11.1 Å². The van der Waals surface area contributed by atoms with Crippen LogP contribution in [0.3, 0.4) is 0 Å². The molecule has 0 aliphatic carbocycles. The Morgan fingerprint density at radius 3 is 1.79 bits per heavy atom. The summed E-state index contributed by atoms with van der Waals surface area (Å²) < 4.78 is 0. The third-order valence-electron chi connectivity index (χ3n) is 10.4. The van der Waals surface area contributed by atoms with Crippen molar-refractivity contribution in [3.05, 3.63) is 65.7 Å². The van der Waals surface area contributed by atoms with E-state index in [-0.39, 0.29) is 49.3 Å². The van der Waals surface area contributed by atoms with Gasteiger partial charge in [0.1, 0.15) is 36.0 Å². The highest BCUT2D eigenvalue weighted by molar-refractivity contribution is 5.97. The Balaban J connectivity index is 1.29. The fourth-order valence-electron chi connectivity index (χ4n) is 7.75. The van der Waals surface area contributed by atoms with Crippen LogP contribution < -0.4 is 16.4 Å². The molecule has 5 amide bonds. The summed E-state index contributed by atoms with van der Waals surface area (Å²) >= 11 is 0. The fraction of sp³-hybridized carbons (Fsp3) is 0.538. The number of nitrogens with two attached hydrogens (primary N) is 1. The van der Waals surface area contributed by atoms with Crippen molar-refractivity contribution >= 4 is 35.5 Å². The lowest BCUT2D eigenvalue weighted by atomic mass is 10.0. The molecule has 6 unspecified atom stereocenters. The normalized spacial score (nSPS) is 21.7. The summed E-state index contributed by atoms with van der Waals surface area (Å²) in [6, 6.07) is 10.1. The zero-order valence-corrected chi connectivity index (χ0v) is 30.5. The number of amides is 5. The molecule has 3 aliphatic heterocycles. The van der Waals surface area contributed by atoms with E-state index in [1.54, 1.807) is 12.1 Å². The van der Waals surface area contributed by atoms with Gasteiger partial charge in [-0.2, -0.15) is 0 Å². The highest BCUT2D eigenvalue weighted by Gasteiger charge is 2.45. The molecule has 6 atom stereocenters. The molecule has 3 fully saturated rings. The Morgan fingerprint density at radius 2 is 1.21 bits per heavy atom. The zero-order chi connectivity index (χ0) is 38.2. The number of phenols is 1. The van der Waals surface area contributed by atoms with Crippen molar-refractivity contribution in [1.82, 2.24) is 25.3 Å². The van der Waals surface area contributed by atoms with Gasteiger partial charge in [0.15, 0.2) is 0 Å². The lowest BCUT2D eigenvalue weighted by molar-refractivity contribution is -0.149. The van der Waals surface area contributed by atoms with E-state index < -0.39 is 59.9 Å². The Labute approximate surface area is 310 Å². The summed E-state index contributed by atoms with van der Waals surface area (Å²) in [7, 11) is 0. The number of likely N-dealkylation sites (tertiary alicyclic amines) is 3. The van der Waals surface area contributed by atoms with E-state index in [4.69, 9.17) is 5.73 Å². The highest BCUT2D eigenvalue weighted by Crippen LogP contribution is 2.27. The summed E-state index contributed by atoms with van der Waals surface area (Å²) in [5.74, 6) is -3.18. The van der Waals surface area contributed by atoms with Gasteiger partial charge in [-0.1, -0.05) is 56.3 Å². The van der Waals surface area contributed by atoms with E-state index in [1.807, 2.05) is 44.2 Å². The van der Waals surface area contributed by atoms with Crippen LogP contribution in [0.4, 0.5) is 0 Å². The monoisotopic (exact) mass is 732 g/mol. The molecule has 14 heteroatoms. The minimum absolute atomic E-state index is 0.0338. The van der Waals surface area contributed by atoms with Gasteiger partial charge in [0.05, 0.1) is 6.04 Å². The van der Waals surface area contributed by atoms with Crippen LogP contribution in [-0.2, 0) is 41.6 Å². The summed E-state index contributed by atoms with van der Waals surface area (Å²) in [5, 5.41) is 24.8. The predicted molar refractivity (Wildman–Crippen MR) is 195 cm³/mol. The van der Waals surface area contributed by atoms with Crippen molar-refractivity contribution < 1.29 is 39.0 Å². The number of carbonyl (C=O) groups excluding carboxylic acids is 5. The van der Waals surface area contributed by atoms with Crippen molar-refractivity contribution in [2.24, 2.45) is 11.7 Å². The first kappa shape index (κ1) is 39.2. The second kappa shape index (κ2) is 17.7. The standard InChI is InChI=1S/C39H52N6O8/c1-24(2)21-30(39(52)53)42-35(48)32-12-7-19-44(32)38(51)33-13-8-20-45(33)37(50)29(23-25-9-4-3-5-10-25)41-34(47)31-11-6-18-43(31)36(49)28(40)22-26-14-16-27(46)17-15-26/h3-5,9-10,14-17,24,28-33,46H,6-8,11-13,18-23,40H2,1-2H3,(H,41,47)(H,42,48)(H,52,53).